The molecule has 0 heterocycles. The molecule has 0 fully saturated rings. The molecule has 86 valence electrons. The van der Waals surface area contributed by atoms with Gasteiger partial charge in [0.15, 0.2) is 0 Å². The number of rotatable bonds is 5. The molecule has 0 spiro atoms. The van der Waals surface area contributed by atoms with Crippen LogP contribution in [0.15, 0.2) is 28.7 Å². The van der Waals surface area contributed by atoms with Gasteiger partial charge in [0.1, 0.15) is 0 Å². The molecule has 1 aromatic carbocycles. The van der Waals surface area contributed by atoms with Crippen molar-refractivity contribution in [2.45, 2.75) is 12.8 Å². The lowest BCUT2D eigenvalue weighted by atomic mass is 10.1. The highest BCUT2D eigenvalue weighted by Crippen LogP contribution is 2.12. The lowest BCUT2D eigenvalue weighted by molar-refractivity contribution is -0.124. The summed E-state index contributed by atoms with van der Waals surface area (Å²) in [5, 5.41) is 2.44. The zero-order valence-electron chi connectivity index (χ0n) is 8.70. The van der Waals surface area contributed by atoms with Crippen molar-refractivity contribution in [3.05, 3.63) is 34.3 Å². The summed E-state index contributed by atoms with van der Waals surface area (Å²) in [7, 11) is 0. The third-order valence-corrected chi connectivity index (χ3v) is 2.48. The van der Waals surface area contributed by atoms with Gasteiger partial charge in [0, 0.05) is 10.9 Å². The molecule has 1 aromatic rings. The van der Waals surface area contributed by atoms with Gasteiger partial charge >= 0.3 is 0 Å². The number of benzene rings is 1. The van der Waals surface area contributed by atoms with Gasteiger partial charge in [-0.1, -0.05) is 28.1 Å². The van der Waals surface area contributed by atoms with E-state index < -0.39 is 5.91 Å². The van der Waals surface area contributed by atoms with E-state index in [1.165, 1.54) is 0 Å². The Morgan fingerprint density at radius 1 is 1.38 bits per heavy atom. The molecule has 0 saturated heterocycles. The van der Waals surface area contributed by atoms with Crippen LogP contribution in [0.3, 0.4) is 0 Å². The van der Waals surface area contributed by atoms with Crippen LogP contribution in [0.5, 0.6) is 0 Å². The van der Waals surface area contributed by atoms with Gasteiger partial charge in [-0.25, -0.2) is 0 Å². The molecule has 0 atom stereocenters. The summed E-state index contributed by atoms with van der Waals surface area (Å²) in [5.41, 5.74) is 5.98. The minimum atomic E-state index is -0.532. The Kier molecular flexibility index (Phi) is 4.98. The van der Waals surface area contributed by atoms with Gasteiger partial charge in [0.2, 0.25) is 11.8 Å². The van der Waals surface area contributed by atoms with Gasteiger partial charge in [-0.3, -0.25) is 9.59 Å². The first kappa shape index (κ1) is 12.7. The molecular weight excluding hydrogens is 272 g/mol. The van der Waals surface area contributed by atoms with Crippen LogP contribution in [0.2, 0.25) is 0 Å². The maximum atomic E-state index is 11.3. The minimum absolute atomic E-state index is 0.0999. The second-order valence-corrected chi connectivity index (χ2v) is 4.29. The first-order valence-corrected chi connectivity index (χ1v) is 5.66. The van der Waals surface area contributed by atoms with Gasteiger partial charge in [-0.05, 0) is 24.1 Å². The second kappa shape index (κ2) is 6.27. The Morgan fingerprint density at radius 3 is 2.75 bits per heavy atom. The topological polar surface area (TPSA) is 72.2 Å². The van der Waals surface area contributed by atoms with Crippen molar-refractivity contribution >= 4 is 27.7 Å². The molecule has 3 N–H and O–H groups in total. The average Bonchev–Trinajstić information content (AvgIpc) is 2.23. The molecule has 16 heavy (non-hydrogen) atoms. The Hall–Kier alpha value is -1.36. The Balaban J connectivity index is 2.34. The molecule has 5 heteroatoms. The van der Waals surface area contributed by atoms with Crippen LogP contribution in [0.4, 0.5) is 0 Å². The lowest BCUT2D eigenvalue weighted by Gasteiger charge is -2.03. The molecule has 0 aliphatic heterocycles. The van der Waals surface area contributed by atoms with Crippen molar-refractivity contribution in [3.8, 4) is 0 Å². The predicted molar refractivity (Wildman–Crippen MR) is 64.7 cm³/mol. The van der Waals surface area contributed by atoms with Crippen LogP contribution < -0.4 is 11.1 Å². The van der Waals surface area contributed by atoms with Crippen molar-refractivity contribution in [1.29, 1.82) is 0 Å². The van der Waals surface area contributed by atoms with Crippen LogP contribution in [-0.4, -0.2) is 18.4 Å². The number of carbonyl (C=O) groups is 2. The maximum absolute atomic E-state index is 11.3. The zero-order chi connectivity index (χ0) is 12.0. The quantitative estimate of drug-likeness (QED) is 0.846. The summed E-state index contributed by atoms with van der Waals surface area (Å²) in [6, 6.07) is 7.75. The number of halogens is 1. The molecule has 0 aromatic heterocycles. The Labute approximate surface area is 102 Å². The largest absolute Gasteiger partial charge is 0.368 e. The summed E-state index contributed by atoms with van der Waals surface area (Å²) in [5.74, 6) is -0.699. The number of amides is 2. The number of primary amides is 1. The summed E-state index contributed by atoms with van der Waals surface area (Å²) in [6.45, 7) is -0.0999. The SMILES string of the molecule is NC(=O)CNC(=O)CCc1cccc(Br)c1. The molecular formula is C11H13BrN2O2. The Morgan fingerprint density at radius 2 is 2.12 bits per heavy atom. The molecule has 4 nitrogen and oxygen atoms in total. The standard InChI is InChI=1S/C11H13BrN2O2/c12-9-3-1-2-8(6-9)4-5-11(16)14-7-10(13)15/h1-3,6H,4-5,7H2,(H2,13,15)(H,14,16). The molecule has 0 aliphatic rings. The van der Waals surface area contributed by atoms with E-state index >= 15 is 0 Å². The molecule has 0 unspecified atom stereocenters. The first-order valence-electron chi connectivity index (χ1n) is 4.87. The fourth-order valence-corrected chi connectivity index (χ4v) is 1.67. The van der Waals surface area contributed by atoms with Crippen LogP contribution in [0.1, 0.15) is 12.0 Å². The monoisotopic (exact) mass is 284 g/mol. The number of hydrogen-bond donors (Lipinski definition) is 2. The molecule has 0 saturated carbocycles. The summed E-state index contributed by atoms with van der Waals surface area (Å²) in [4.78, 5) is 21.7. The number of carbonyl (C=O) groups excluding carboxylic acids is 2. The summed E-state index contributed by atoms with van der Waals surface area (Å²) < 4.78 is 0.988. The molecule has 0 bridgehead atoms. The lowest BCUT2D eigenvalue weighted by Crippen LogP contribution is -2.33. The van der Waals surface area contributed by atoms with E-state index in [4.69, 9.17) is 5.73 Å². The number of aryl methyl sites for hydroxylation is 1. The van der Waals surface area contributed by atoms with Crippen molar-refractivity contribution in [1.82, 2.24) is 5.32 Å². The minimum Gasteiger partial charge on any atom is -0.368 e. The van der Waals surface area contributed by atoms with Crippen LogP contribution in [0.25, 0.3) is 0 Å². The van der Waals surface area contributed by atoms with E-state index in [1.54, 1.807) is 0 Å². The first-order chi connectivity index (χ1) is 7.58. The van der Waals surface area contributed by atoms with Crippen LogP contribution in [-0.2, 0) is 16.0 Å². The van der Waals surface area contributed by atoms with Gasteiger partial charge in [-0.15, -0.1) is 0 Å². The molecule has 2 amide bonds. The highest BCUT2D eigenvalue weighted by atomic mass is 79.9. The van der Waals surface area contributed by atoms with Gasteiger partial charge < -0.3 is 11.1 Å². The van der Waals surface area contributed by atoms with Crippen molar-refractivity contribution in [2.75, 3.05) is 6.54 Å². The molecule has 0 radical (unpaired) electrons. The van der Waals surface area contributed by atoms with E-state index in [2.05, 4.69) is 21.2 Å². The van der Waals surface area contributed by atoms with Crippen molar-refractivity contribution in [3.63, 3.8) is 0 Å². The van der Waals surface area contributed by atoms with Crippen molar-refractivity contribution < 1.29 is 9.59 Å². The van der Waals surface area contributed by atoms with Gasteiger partial charge in [0.25, 0.3) is 0 Å². The van der Waals surface area contributed by atoms with E-state index in [-0.39, 0.29) is 12.5 Å². The van der Waals surface area contributed by atoms with E-state index in [9.17, 15) is 9.59 Å². The third kappa shape index (κ3) is 4.93. The zero-order valence-corrected chi connectivity index (χ0v) is 10.3. The van der Waals surface area contributed by atoms with E-state index in [0.717, 1.165) is 10.0 Å². The van der Waals surface area contributed by atoms with Crippen LogP contribution in [0, 0.1) is 0 Å². The average molecular weight is 285 g/mol. The highest BCUT2D eigenvalue weighted by Gasteiger charge is 2.03. The van der Waals surface area contributed by atoms with Crippen molar-refractivity contribution in [2.24, 2.45) is 5.73 Å². The fraction of sp³-hybridized carbons (Fsp3) is 0.273. The molecule has 1 rings (SSSR count). The second-order valence-electron chi connectivity index (χ2n) is 3.37. The van der Waals surface area contributed by atoms with Crippen LogP contribution >= 0.6 is 15.9 Å². The highest BCUT2D eigenvalue weighted by molar-refractivity contribution is 9.10. The number of nitrogens with two attached hydrogens (primary N) is 1. The smallest absolute Gasteiger partial charge is 0.236 e. The number of hydrogen-bond acceptors (Lipinski definition) is 2. The summed E-state index contributed by atoms with van der Waals surface area (Å²) >= 11 is 3.36. The predicted octanol–water partition coefficient (Wildman–Crippen LogP) is 0.983. The Bertz CT molecular complexity index is 393. The maximum Gasteiger partial charge on any atom is 0.236 e. The van der Waals surface area contributed by atoms with E-state index in [1.807, 2.05) is 24.3 Å². The molecule has 0 aliphatic carbocycles. The van der Waals surface area contributed by atoms with Gasteiger partial charge in [-0.2, -0.15) is 0 Å². The summed E-state index contributed by atoms with van der Waals surface area (Å²) in [6.07, 6.45) is 0.994. The third-order valence-electron chi connectivity index (χ3n) is 1.99. The fourth-order valence-electron chi connectivity index (χ4n) is 1.22. The van der Waals surface area contributed by atoms with Gasteiger partial charge in [0.05, 0.1) is 6.54 Å². The normalized spacial score (nSPS) is 9.81. The number of nitrogens with one attached hydrogen (secondary N) is 1. The van der Waals surface area contributed by atoms with E-state index in [0.29, 0.717) is 12.8 Å².